The van der Waals surface area contributed by atoms with E-state index in [2.05, 4.69) is 10.1 Å². The van der Waals surface area contributed by atoms with Crippen LogP contribution >= 0.6 is 0 Å². The number of rotatable bonds is 2. The topological polar surface area (TPSA) is 64.9 Å². The fourth-order valence-electron chi connectivity index (χ4n) is 2.70. The Kier molecular flexibility index (Phi) is 3.34. The molecule has 3 rings (SSSR count). The Morgan fingerprint density at radius 1 is 1.00 bits per heavy atom. The van der Waals surface area contributed by atoms with Gasteiger partial charge in [-0.3, -0.25) is 0 Å². The predicted octanol–water partition coefficient (Wildman–Crippen LogP) is 3.24. The molecule has 4 heteroatoms. The van der Waals surface area contributed by atoms with Gasteiger partial charge in [0.2, 0.25) is 11.7 Å². The lowest BCUT2D eigenvalue weighted by atomic mass is 9.91. The second-order valence-corrected chi connectivity index (χ2v) is 5.36. The number of hydrogen-bond donors (Lipinski definition) is 1. The molecular formula is C15H19N3O. The molecule has 0 saturated heterocycles. The largest absolute Gasteiger partial charge is 0.337 e. The summed E-state index contributed by atoms with van der Waals surface area (Å²) in [7, 11) is 0. The van der Waals surface area contributed by atoms with Crippen LogP contribution in [0.15, 0.2) is 34.9 Å². The Hall–Kier alpha value is -1.68. The van der Waals surface area contributed by atoms with Crippen LogP contribution < -0.4 is 5.73 Å². The van der Waals surface area contributed by atoms with Gasteiger partial charge >= 0.3 is 0 Å². The maximum absolute atomic E-state index is 6.48. The van der Waals surface area contributed by atoms with Crippen LogP contribution in [-0.2, 0) is 5.54 Å². The first-order chi connectivity index (χ1) is 9.28. The summed E-state index contributed by atoms with van der Waals surface area (Å²) in [4.78, 5) is 4.51. The molecule has 0 aliphatic heterocycles. The second kappa shape index (κ2) is 5.13. The molecule has 1 aromatic heterocycles. The van der Waals surface area contributed by atoms with Crippen molar-refractivity contribution in [3.8, 4) is 11.4 Å². The van der Waals surface area contributed by atoms with E-state index in [4.69, 9.17) is 10.3 Å². The molecular weight excluding hydrogens is 238 g/mol. The van der Waals surface area contributed by atoms with E-state index in [1.165, 1.54) is 12.8 Å². The third kappa shape index (κ3) is 2.54. The molecule has 2 aromatic rings. The third-order valence-corrected chi connectivity index (χ3v) is 3.88. The Morgan fingerprint density at radius 3 is 2.37 bits per heavy atom. The normalized spacial score (nSPS) is 19.0. The summed E-state index contributed by atoms with van der Waals surface area (Å²) in [6.07, 6.45) is 6.64. The Balaban J connectivity index is 1.88. The van der Waals surface area contributed by atoms with Gasteiger partial charge in [-0.05, 0) is 12.8 Å². The van der Waals surface area contributed by atoms with Gasteiger partial charge in [-0.2, -0.15) is 4.98 Å². The van der Waals surface area contributed by atoms with Gasteiger partial charge in [0.1, 0.15) is 0 Å². The van der Waals surface area contributed by atoms with Gasteiger partial charge in [-0.25, -0.2) is 0 Å². The fraction of sp³-hybridized carbons (Fsp3) is 0.467. The molecule has 1 aromatic carbocycles. The minimum Gasteiger partial charge on any atom is -0.337 e. The highest BCUT2D eigenvalue weighted by Gasteiger charge is 2.34. The number of nitrogens with two attached hydrogens (primary N) is 1. The highest BCUT2D eigenvalue weighted by Crippen LogP contribution is 2.33. The number of aromatic nitrogens is 2. The highest BCUT2D eigenvalue weighted by molar-refractivity contribution is 5.53. The van der Waals surface area contributed by atoms with Crippen molar-refractivity contribution in [1.82, 2.24) is 10.1 Å². The van der Waals surface area contributed by atoms with Crippen molar-refractivity contribution in [3.05, 3.63) is 36.2 Å². The number of hydrogen-bond acceptors (Lipinski definition) is 4. The lowest BCUT2D eigenvalue weighted by Crippen LogP contribution is -2.36. The van der Waals surface area contributed by atoms with Crippen LogP contribution in [0.25, 0.3) is 11.4 Å². The molecule has 2 N–H and O–H groups in total. The van der Waals surface area contributed by atoms with E-state index < -0.39 is 5.54 Å². The lowest BCUT2D eigenvalue weighted by molar-refractivity contribution is 0.257. The summed E-state index contributed by atoms with van der Waals surface area (Å²) in [5.41, 5.74) is 7.01. The quantitative estimate of drug-likeness (QED) is 0.839. The van der Waals surface area contributed by atoms with Crippen LogP contribution in [-0.4, -0.2) is 10.1 Å². The summed E-state index contributed by atoms with van der Waals surface area (Å²) in [6, 6.07) is 9.86. The van der Waals surface area contributed by atoms with E-state index in [1.54, 1.807) is 0 Å². The van der Waals surface area contributed by atoms with Crippen LogP contribution in [0.2, 0.25) is 0 Å². The molecule has 1 aliphatic carbocycles. The molecule has 1 saturated carbocycles. The lowest BCUT2D eigenvalue weighted by Gasteiger charge is -2.22. The Morgan fingerprint density at radius 2 is 1.68 bits per heavy atom. The van der Waals surface area contributed by atoms with Crippen LogP contribution in [0.4, 0.5) is 0 Å². The first-order valence-corrected chi connectivity index (χ1v) is 6.96. The molecule has 100 valence electrons. The zero-order chi connectivity index (χ0) is 13.1. The summed E-state index contributed by atoms with van der Waals surface area (Å²) in [5, 5.41) is 4.07. The summed E-state index contributed by atoms with van der Waals surface area (Å²) >= 11 is 0. The number of benzene rings is 1. The van der Waals surface area contributed by atoms with Crippen molar-refractivity contribution in [2.75, 3.05) is 0 Å². The van der Waals surface area contributed by atoms with Crippen molar-refractivity contribution < 1.29 is 4.52 Å². The molecule has 1 aliphatic rings. The fourth-order valence-corrected chi connectivity index (χ4v) is 2.70. The van der Waals surface area contributed by atoms with Crippen molar-refractivity contribution >= 4 is 0 Å². The molecule has 1 fully saturated rings. The first-order valence-electron chi connectivity index (χ1n) is 6.96. The van der Waals surface area contributed by atoms with Crippen LogP contribution in [0, 0.1) is 0 Å². The van der Waals surface area contributed by atoms with Crippen LogP contribution in [0.3, 0.4) is 0 Å². The van der Waals surface area contributed by atoms with E-state index >= 15 is 0 Å². The second-order valence-electron chi connectivity index (χ2n) is 5.36. The van der Waals surface area contributed by atoms with Gasteiger partial charge in [-0.15, -0.1) is 0 Å². The molecule has 0 bridgehead atoms. The van der Waals surface area contributed by atoms with Crippen molar-refractivity contribution in [2.45, 2.75) is 44.1 Å². The zero-order valence-corrected chi connectivity index (χ0v) is 11.0. The minimum atomic E-state index is -0.434. The first kappa shape index (κ1) is 12.4. The van der Waals surface area contributed by atoms with E-state index in [9.17, 15) is 0 Å². The average Bonchev–Trinajstić information content (AvgIpc) is 2.85. The summed E-state index contributed by atoms with van der Waals surface area (Å²) in [6.45, 7) is 0. The molecule has 1 heterocycles. The molecule has 19 heavy (non-hydrogen) atoms. The van der Waals surface area contributed by atoms with Crippen LogP contribution in [0.5, 0.6) is 0 Å². The molecule has 0 spiro atoms. The van der Waals surface area contributed by atoms with E-state index in [0.29, 0.717) is 11.7 Å². The van der Waals surface area contributed by atoms with E-state index in [1.807, 2.05) is 30.3 Å². The maximum Gasteiger partial charge on any atom is 0.247 e. The van der Waals surface area contributed by atoms with Crippen molar-refractivity contribution in [1.29, 1.82) is 0 Å². The van der Waals surface area contributed by atoms with Gasteiger partial charge in [0.15, 0.2) is 0 Å². The maximum atomic E-state index is 6.48. The predicted molar refractivity (Wildman–Crippen MR) is 73.3 cm³/mol. The van der Waals surface area contributed by atoms with Gasteiger partial charge in [-0.1, -0.05) is 61.2 Å². The van der Waals surface area contributed by atoms with Gasteiger partial charge < -0.3 is 10.3 Å². The molecule has 0 amide bonds. The molecule has 0 atom stereocenters. The monoisotopic (exact) mass is 257 g/mol. The highest BCUT2D eigenvalue weighted by atomic mass is 16.5. The molecule has 4 nitrogen and oxygen atoms in total. The van der Waals surface area contributed by atoms with Crippen molar-refractivity contribution in [2.24, 2.45) is 5.73 Å². The van der Waals surface area contributed by atoms with Gasteiger partial charge in [0.25, 0.3) is 0 Å². The minimum absolute atomic E-state index is 0.434. The SMILES string of the molecule is NC1(c2nc(-c3ccccc3)no2)CCCCCC1. The van der Waals surface area contributed by atoms with Crippen molar-refractivity contribution in [3.63, 3.8) is 0 Å². The smallest absolute Gasteiger partial charge is 0.247 e. The van der Waals surface area contributed by atoms with Crippen LogP contribution in [0.1, 0.15) is 44.4 Å². The Labute approximate surface area is 113 Å². The molecule has 0 radical (unpaired) electrons. The standard InChI is InChI=1S/C15H19N3O/c16-15(10-6-1-2-7-11-15)14-17-13(18-19-14)12-8-4-3-5-9-12/h3-5,8-9H,1-2,6-7,10-11,16H2. The molecule has 0 unspecified atom stereocenters. The summed E-state index contributed by atoms with van der Waals surface area (Å²) in [5.74, 6) is 1.22. The number of nitrogens with zero attached hydrogens (tertiary/aromatic N) is 2. The Bertz CT molecular complexity index is 527. The van der Waals surface area contributed by atoms with Gasteiger partial charge in [0.05, 0.1) is 5.54 Å². The van der Waals surface area contributed by atoms with E-state index in [0.717, 1.165) is 31.2 Å². The summed E-state index contributed by atoms with van der Waals surface area (Å²) < 4.78 is 5.43. The van der Waals surface area contributed by atoms with Gasteiger partial charge in [0, 0.05) is 5.56 Å². The van der Waals surface area contributed by atoms with E-state index in [-0.39, 0.29) is 0 Å². The third-order valence-electron chi connectivity index (χ3n) is 3.88. The zero-order valence-electron chi connectivity index (χ0n) is 11.0. The average molecular weight is 257 g/mol.